The van der Waals surface area contributed by atoms with E-state index in [1.807, 2.05) is 19.1 Å². The first-order valence-corrected chi connectivity index (χ1v) is 5.29. The second kappa shape index (κ2) is 4.52. The molecule has 1 unspecified atom stereocenters. The Bertz CT molecular complexity index is 501. The molecule has 90 valence electrons. The number of hydrogen-bond donors (Lipinski definition) is 3. The van der Waals surface area contributed by atoms with Gasteiger partial charge in [-0.1, -0.05) is 6.07 Å². The Labute approximate surface area is 99.6 Å². The predicted octanol–water partition coefficient (Wildman–Crippen LogP) is 0.258. The summed E-state index contributed by atoms with van der Waals surface area (Å²) < 4.78 is 1.61. The number of hydrazine groups is 1. The largest absolute Gasteiger partial charge is 0.384 e. The summed E-state index contributed by atoms with van der Waals surface area (Å²) in [6.45, 7) is 1.94. The lowest BCUT2D eigenvalue weighted by molar-refractivity contribution is 0.635. The van der Waals surface area contributed by atoms with E-state index in [-0.39, 0.29) is 6.04 Å². The summed E-state index contributed by atoms with van der Waals surface area (Å²) in [7, 11) is 1.79. The molecular weight excluding hydrogens is 216 g/mol. The molecule has 0 fully saturated rings. The Morgan fingerprint density at radius 1 is 1.35 bits per heavy atom. The van der Waals surface area contributed by atoms with Gasteiger partial charge in [-0.2, -0.15) is 5.10 Å². The van der Waals surface area contributed by atoms with E-state index in [0.717, 1.165) is 16.8 Å². The van der Waals surface area contributed by atoms with Crippen LogP contribution in [-0.4, -0.2) is 14.8 Å². The van der Waals surface area contributed by atoms with Gasteiger partial charge in [-0.3, -0.25) is 15.5 Å². The average Bonchev–Trinajstić information content (AvgIpc) is 2.65. The summed E-state index contributed by atoms with van der Waals surface area (Å²) in [5.74, 6) is 6.17. The first-order chi connectivity index (χ1) is 8.13. The lowest BCUT2D eigenvalue weighted by Crippen LogP contribution is -2.29. The van der Waals surface area contributed by atoms with E-state index in [4.69, 9.17) is 11.6 Å². The van der Waals surface area contributed by atoms with Gasteiger partial charge in [0.25, 0.3) is 0 Å². The van der Waals surface area contributed by atoms with Gasteiger partial charge in [0.15, 0.2) is 0 Å². The third kappa shape index (κ3) is 2.13. The maximum atomic E-state index is 5.93. The zero-order chi connectivity index (χ0) is 12.4. The third-order valence-corrected chi connectivity index (χ3v) is 2.76. The number of rotatable bonds is 3. The van der Waals surface area contributed by atoms with Gasteiger partial charge in [-0.25, -0.2) is 5.43 Å². The molecule has 2 heterocycles. The Balaban J connectivity index is 2.40. The normalized spacial score (nSPS) is 12.6. The predicted molar refractivity (Wildman–Crippen MR) is 65.8 cm³/mol. The highest BCUT2D eigenvalue weighted by atomic mass is 15.3. The molecule has 6 heteroatoms. The van der Waals surface area contributed by atoms with Gasteiger partial charge in [0.05, 0.1) is 12.2 Å². The van der Waals surface area contributed by atoms with Gasteiger partial charge in [0.2, 0.25) is 0 Å². The molecule has 0 saturated heterocycles. The second-order valence-electron chi connectivity index (χ2n) is 3.94. The van der Waals surface area contributed by atoms with Gasteiger partial charge in [-0.05, 0) is 18.6 Å². The summed E-state index contributed by atoms with van der Waals surface area (Å²) in [6.07, 6.45) is 3.49. The van der Waals surface area contributed by atoms with Crippen LogP contribution in [0.1, 0.15) is 22.9 Å². The molecule has 0 aromatic carbocycles. The van der Waals surface area contributed by atoms with Gasteiger partial charge >= 0.3 is 0 Å². The molecule has 17 heavy (non-hydrogen) atoms. The zero-order valence-electron chi connectivity index (χ0n) is 9.88. The van der Waals surface area contributed by atoms with Gasteiger partial charge in [0.1, 0.15) is 5.82 Å². The highest BCUT2D eigenvalue weighted by Crippen LogP contribution is 2.24. The SMILES string of the molecule is Cc1ccc(C(NN)c2cnn(C)c2N)cn1. The van der Waals surface area contributed by atoms with E-state index in [9.17, 15) is 0 Å². The number of aryl methyl sites for hydroxylation is 2. The first-order valence-electron chi connectivity index (χ1n) is 5.29. The van der Waals surface area contributed by atoms with E-state index < -0.39 is 0 Å². The Morgan fingerprint density at radius 2 is 2.12 bits per heavy atom. The summed E-state index contributed by atoms with van der Waals surface area (Å²) in [5.41, 5.74) is 11.4. The second-order valence-corrected chi connectivity index (χ2v) is 3.94. The minimum atomic E-state index is -0.197. The van der Waals surface area contributed by atoms with Crippen LogP contribution in [-0.2, 0) is 7.05 Å². The van der Waals surface area contributed by atoms with E-state index in [1.165, 1.54) is 0 Å². The lowest BCUT2D eigenvalue weighted by Gasteiger charge is -2.15. The van der Waals surface area contributed by atoms with E-state index >= 15 is 0 Å². The number of hydrogen-bond acceptors (Lipinski definition) is 5. The average molecular weight is 232 g/mol. The van der Waals surface area contributed by atoms with Crippen molar-refractivity contribution in [3.05, 3.63) is 41.3 Å². The van der Waals surface area contributed by atoms with Crippen LogP contribution in [0.25, 0.3) is 0 Å². The number of nitrogens with zero attached hydrogens (tertiary/aromatic N) is 3. The number of nitrogens with one attached hydrogen (secondary N) is 1. The number of aromatic nitrogens is 3. The van der Waals surface area contributed by atoms with Gasteiger partial charge in [0, 0.05) is 24.5 Å². The number of pyridine rings is 1. The molecule has 6 nitrogen and oxygen atoms in total. The van der Waals surface area contributed by atoms with E-state index in [0.29, 0.717) is 5.82 Å². The Morgan fingerprint density at radius 3 is 2.59 bits per heavy atom. The topological polar surface area (TPSA) is 94.8 Å². The molecule has 2 aromatic rings. The van der Waals surface area contributed by atoms with Crippen molar-refractivity contribution in [2.45, 2.75) is 13.0 Å². The van der Waals surface area contributed by atoms with Crippen molar-refractivity contribution in [1.29, 1.82) is 0 Å². The van der Waals surface area contributed by atoms with Crippen LogP contribution in [0.3, 0.4) is 0 Å². The van der Waals surface area contributed by atoms with Gasteiger partial charge in [-0.15, -0.1) is 0 Å². The van der Waals surface area contributed by atoms with Crippen molar-refractivity contribution < 1.29 is 0 Å². The minimum Gasteiger partial charge on any atom is -0.384 e. The summed E-state index contributed by atoms with van der Waals surface area (Å²) in [6, 6.07) is 3.71. The van der Waals surface area contributed by atoms with Crippen molar-refractivity contribution >= 4 is 5.82 Å². The third-order valence-electron chi connectivity index (χ3n) is 2.76. The first kappa shape index (κ1) is 11.6. The van der Waals surface area contributed by atoms with Crippen LogP contribution in [0.5, 0.6) is 0 Å². The molecule has 0 spiro atoms. The molecule has 0 aliphatic heterocycles. The smallest absolute Gasteiger partial charge is 0.126 e. The van der Waals surface area contributed by atoms with Crippen LogP contribution in [0.2, 0.25) is 0 Å². The molecule has 0 aliphatic rings. The minimum absolute atomic E-state index is 0.197. The fourth-order valence-electron chi connectivity index (χ4n) is 1.70. The number of nitrogens with two attached hydrogens (primary N) is 2. The van der Waals surface area contributed by atoms with Crippen LogP contribution in [0.4, 0.5) is 5.82 Å². The lowest BCUT2D eigenvalue weighted by atomic mass is 10.0. The van der Waals surface area contributed by atoms with Crippen LogP contribution in [0, 0.1) is 6.92 Å². The van der Waals surface area contributed by atoms with Crippen molar-refractivity contribution in [3.63, 3.8) is 0 Å². The maximum Gasteiger partial charge on any atom is 0.126 e. The molecule has 5 N–H and O–H groups in total. The Hall–Kier alpha value is -1.92. The molecule has 0 radical (unpaired) electrons. The van der Waals surface area contributed by atoms with Crippen LogP contribution in [0.15, 0.2) is 24.5 Å². The molecule has 1 atom stereocenters. The Kier molecular flexibility index (Phi) is 3.08. The fraction of sp³-hybridized carbons (Fsp3) is 0.273. The molecule has 0 aliphatic carbocycles. The van der Waals surface area contributed by atoms with Crippen molar-refractivity contribution in [2.24, 2.45) is 12.9 Å². The van der Waals surface area contributed by atoms with Crippen molar-refractivity contribution in [1.82, 2.24) is 20.2 Å². The van der Waals surface area contributed by atoms with Gasteiger partial charge < -0.3 is 5.73 Å². The summed E-state index contributed by atoms with van der Waals surface area (Å²) in [5, 5.41) is 4.10. The molecular formula is C11H16N6. The fourth-order valence-corrected chi connectivity index (χ4v) is 1.70. The standard InChI is InChI=1S/C11H16N6/c1-7-3-4-8(5-14-7)10(16-13)9-6-15-17(2)11(9)12/h3-6,10,16H,12-13H2,1-2H3. The summed E-state index contributed by atoms with van der Waals surface area (Å²) in [4.78, 5) is 4.25. The summed E-state index contributed by atoms with van der Waals surface area (Å²) >= 11 is 0. The molecule has 2 rings (SSSR count). The zero-order valence-corrected chi connectivity index (χ0v) is 9.88. The van der Waals surface area contributed by atoms with E-state index in [1.54, 1.807) is 24.1 Å². The number of nitrogen functional groups attached to an aromatic ring is 1. The van der Waals surface area contributed by atoms with E-state index in [2.05, 4.69) is 15.5 Å². The quantitative estimate of drug-likeness (QED) is 0.521. The van der Waals surface area contributed by atoms with Crippen LogP contribution >= 0.6 is 0 Å². The monoisotopic (exact) mass is 232 g/mol. The highest BCUT2D eigenvalue weighted by Gasteiger charge is 2.18. The van der Waals surface area contributed by atoms with Crippen LogP contribution < -0.4 is 17.0 Å². The molecule has 0 amide bonds. The van der Waals surface area contributed by atoms with Crippen molar-refractivity contribution in [2.75, 3.05) is 5.73 Å². The molecule has 2 aromatic heterocycles. The maximum absolute atomic E-state index is 5.93. The number of anilines is 1. The highest BCUT2D eigenvalue weighted by molar-refractivity contribution is 5.45. The van der Waals surface area contributed by atoms with Crippen molar-refractivity contribution in [3.8, 4) is 0 Å². The molecule has 0 bridgehead atoms. The molecule has 0 saturated carbocycles.